The lowest BCUT2D eigenvalue weighted by atomic mass is 10.0. The maximum absolute atomic E-state index is 11.2. The van der Waals surface area contributed by atoms with Gasteiger partial charge in [-0.25, -0.2) is 0 Å². The molecule has 0 aliphatic heterocycles. The zero-order valence-corrected chi connectivity index (χ0v) is 9.53. The molecular weight excluding hydrogens is 204 g/mol. The molecule has 0 amide bonds. The summed E-state index contributed by atoms with van der Waals surface area (Å²) in [7, 11) is 0. The Morgan fingerprint density at radius 2 is 2.06 bits per heavy atom. The first kappa shape index (κ1) is 12.5. The quantitative estimate of drug-likeness (QED) is 0.603. The van der Waals surface area contributed by atoms with Gasteiger partial charge in [-0.1, -0.05) is 11.6 Å². The second kappa shape index (κ2) is 5.47. The molecule has 86 valence electrons. The second-order valence-corrected chi connectivity index (χ2v) is 3.81. The Bertz CT molecular complexity index is 419. The number of rotatable bonds is 4. The minimum atomic E-state index is -0.0240. The van der Waals surface area contributed by atoms with Crippen molar-refractivity contribution in [3.63, 3.8) is 0 Å². The number of hydrogen-bond acceptors (Lipinski definition) is 3. The third-order valence-corrected chi connectivity index (χ3v) is 2.41. The summed E-state index contributed by atoms with van der Waals surface area (Å²) < 4.78 is 0. The first-order chi connectivity index (χ1) is 7.54. The summed E-state index contributed by atoms with van der Waals surface area (Å²) >= 11 is 0. The molecule has 3 heteroatoms. The minimum absolute atomic E-state index is 0.00710. The molecule has 0 heterocycles. The van der Waals surface area contributed by atoms with Crippen LogP contribution in [0, 0.1) is 0 Å². The lowest BCUT2D eigenvalue weighted by Gasteiger charge is -2.04. The molecule has 16 heavy (non-hydrogen) atoms. The summed E-state index contributed by atoms with van der Waals surface area (Å²) in [5.74, 6) is 0.149. The maximum Gasteiger partial charge on any atom is 0.159 e. The van der Waals surface area contributed by atoms with E-state index in [0.29, 0.717) is 17.5 Å². The lowest BCUT2D eigenvalue weighted by Crippen LogP contribution is -1.94. The smallest absolute Gasteiger partial charge is 0.159 e. The molecule has 1 aromatic rings. The molecule has 0 aliphatic carbocycles. The number of aliphatic hydroxyl groups is 1. The van der Waals surface area contributed by atoms with Crippen LogP contribution in [0.4, 0.5) is 0 Å². The van der Waals surface area contributed by atoms with Crippen LogP contribution in [0.15, 0.2) is 29.8 Å². The predicted octanol–water partition coefficient (Wildman–Crippen LogP) is 2.08. The number of hydrogen-bond donors (Lipinski definition) is 2. The van der Waals surface area contributed by atoms with Crippen LogP contribution in [0.1, 0.15) is 29.8 Å². The Morgan fingerprint density at radius 3 is 2.62 bits per heavy atom. The maximum atomic E-state index is 11.2. The molecule has 2 N–H and O–H groups in total. The number of carbonyl (C=O) groups excluding carboxylic acids is 1. The van der Waals surface area contributed by atoms with Gasteiger partial charge >= 0.3 is 0 Å². The highest BCUT2D eigenvalue weighted by atomic mass is 16.3. The van der Waals surface area contributed by atoms with Crippen LogP contribution in [0.2, 0.25) is 0 Å². The van der Waals surface area contributed by atoms with E-state index in [1.54, 1.807) is 12.1 Å². The molecule has 1 rings (SSSR count). The number of allylic oxidation sites excluding steroid dienone is 1. The number of aliphatic hydroxyl groups excluding tert-OH is 1. The molecule has 1 aromatic carbocycles. The van der Waals surface area contributed by atoms with E-state index < -0.39 is 0 Å². The standard InChI is InChI=1S/C13H16O3/c1-9(8-14)3-4-12-7-11(10(2)15)5-6-13(12)16/h3,5-7,14,16H,4,8H2,1-2H3/b9-3-. The van der Waals surface area contributed by atoms with E-state index in [2.05, 4.69) is 0 Å². The van der Waals surface area contributed by atoms with Crippen LogP contribution in [-0.2, 0) is 6.42 Å². The molecule has 0 unspecified atom stereocenters. The highest BCUT2D eigenvalue weighted by Gasteiger charge is 2.04. The van der Waals surface area contributed by atoms with E-state index in [1.807, 2.05) is 13.0 Å². The van der Waals surface area contributed by atoms with Gasteiger partial charge < -0.3 is 10.2 Å². The largest absolute Gasteiger partial charge is 0.508 e. The number of carbonyl (C=O) groups is 1. The van der Waals surface area contributed by atoms with Crippen molar-refractivity contribution in [3.8, 4) is 5.75 Å². The van der Waals surface area contributed by atoms with Crippen molar-refractivity contribution in [2.24, 2.45) is 0 Å². The molecule has 0 saturated carbocycles. The van der Waals surface area contributed by atoms with Gasteiger partial charge in [0.15, 0.2) is 5.78 Å². The van der Waals surface area contributed by atoms with Crippen molar-refractivity contribution < 1.29 is 15.0 Å². The van der Waals surface area contributed by atoms with Crippen molar-refractivity contribution in [2.75, 3.05) is 6.61 Å². The van der Waals surface area contributed by atoms with Gasteiger partial charge in [-0.3, -0.25) is 4.79 Å². The van der Waals surface area contributed by atoms with Crippen molar-refractivity contribution in [3.05, 3.63) is 41.0 Å². The lowest BCUT2D eigenvalue weighted by molar-refractivity contribution is 0.101. The van der Waals surface area contributed by atoms with Crippen LogP contribution in [0.3, 0.4) is 0 Å². The zero-order valence-electron chi connectivity index (χ0n) is 9.53. The number of Topliss-reactive ketones (excluding diaryl/α,β-unsaturated/α-hetero) is 1. The SMILES string of the molecule is CC(=O)c1ccc(O)c(C/C=C(/C)CO)c1. The molecule has 0 fully saturated rings. The molecule has 0 bridgehead atoms. The van der Waals surface area contributed by atoms with Crippen LogP contribution < -0.4 is 0 Å². The average Bonchev–Trinajstić information content (AvgIpc) is 2.27. The molecule has 0 aliphatic rings. The highest BCUT2D eigenvalue weighted by Crippen LogP contribution is 2.20. The fourth-order valence-electron chi connectivity index (χ4n) is 1.32. The number of phenols is 1. The summed E-state index contributed by atoms with van der Waals surface area (Å²) in [4.78, 5) is 11.2. The van der Waals surface area contributed by atoms with E-state index in [9.17, 15) is 9.90 Å². The molecule has 0 aromatic heterocycles. The Hall–Kier alpha value is -1.61. The van der Waals surface area contributed by atoms with E-state index in [4.69, 9.17) is 5.11 Å². The number of aromatic hydroxyl groups is 1. The van der Waals surface area contributed by atoms with Gasteiger partial charge in [0, 0.05) is 5.56 Å². The monoisotopic (exact) mass is 220 g/mol. The summed E-state index contributed by atoms with van der Waals surface area (Å²) in [6.07, 6.45) is 2.35. The van der Waals surface area contributed by atoms with Crippen molar-refractivity contribution in [2.45, 2.75) is 20.3 Å². The fourth-order valence-corrected chi connectivity index (χ4v) is 1.32. The van der Waals surface area contributed by atoms with E-state index in [0.717, 1.165) is 5.57 Å². The molecular formula is C13H16O3. The molecule has 0 atom stereocenters. The fraction of sp³-hybridized carbons (Fsp3) is 0.308. The first-order valence-electron chi connectivity index (χ1n) is 5.14. The van der Waals surface area contributed by atoms with E-state index in [1.165, 1.54) is 13.0 Å². The Morgan fingerprint density at radius 1 is 1.38 bits per heavy atom. The molecule has 3 nitrogen and oxygen atoms in total. The predicted molar refractivity (Wildman–Crippen MR) is 62.7 cm³/mol. The molecule has 0 spiro atoms. The summed E-state index contributed by atoms with van der Waals surface area (Å²) in [6.45, 7) is 3.31. The van der Waals surface area contributed by atoms with Gasteiger partial charge in [0.25, 0.3) is 0 Å². The van der Waals surface area contributed by atoms with Crippen LogP contribution in [-0.4, -0.2) is 22.6 Å². The normalized spacial score (nSPS) is 11.6. The van der Waals surface area contributed by atoms with Crippen LogP contribution in [0.25, 0.3) is 0 Å². The van der Waals surface area contributed by atoms with Gasteiger partial charge in [0.05, 0.1) is 6.61 Å². The summed E-state index contributed by atoms with van der Waals surface area (Å²) in [6, 6.07) is 4.80. The van der Waals surface area contributed by atoms with E-state index in [-0.39, 0.29) is 18.1 Å². The van der Waals surface area contributed by atoms with E-state index >= 15 is 0 Å². The minimum Gasteiger partial charge on any atom is -0.508 e. The van der Waals surface area contributed by atoms with Crippen LogP contribution in [0.5, 0.6) is 5.75 Å². The number of phenolic OH excluding ortho intramolecular Hbond substituents is 1. The van der Waals surface area contributed by atoms with Gasteiger partial charge in [-0.2, -0.15) is 0 Å². The number of benzene rings is 1. The zero-order chi connectivity index (χ0) is 12.1. The Kier molecular flexibility index (Phi) is 4.26. The van der Waals surface area contributed by atoms with Gasteiger partial charge in [0.2, 0.25) is 0 Å². The summed E-state index contributed by atoms with van der Waals surface area (Å²) in [5.41, 5.74) is 2.12. The third-order valence-electron chi connectivity index (χ3n) is 2.41. The topological polar surface area (TPSA) is 57.5 Å². The number of ketones is 1. The average molecular weight is 220 g/mol. The van der Waals surface area contributed by atoms with Crippen molar-refractivity contribution in [1.82, 2.24) is 0 Å². The second-order valence-electron chi connectivity index (χ2n) is 3.81. The van der Waals surface area contributed by atoms with Gasteiger partial charge in [0.1, 0.15) is 5.75 Å². The Balaban J connectivity index is 2.94. The van der Waals surface area contributed by atoms with Crippen molar-refractivity contribution in [1.29, 1.82) is 0 Å². The highest BCUT2D eigenvalue weighted by molar-refractivity contribution is 5.94. The van der Waals surface area contributed by atoms with Crippen LogP contribution >= 0.6 is 0 Å². The van der Waals surface area contributed by atoms with Crippen molar-refractivity contribution >= 4 is 5.78 Å². The first-order valence-corrected chi connectivity index (χ1v) is 5.14. The van der Waals surface area contributed by atoms with Gasteiger partial charge in [-0.05, 0) is 44.0 Å². The molecule has 0 saturated heterocycles. The summed E-state index contributed by atoms with van der Waals surface area (Å²) in [5, 5.41) is 18.4. The molecule has 0 radical (unpaired) electrons. The third kappa shape index (κ3) is 3.21. The van der Waals surface area contributed by atoms with Gasteiger partial charge in [-0.15, -0.1) is 0 Å². The Labute approximate surface area is 95.0 Å².